The van der Waals surface area contributed by atoms with E-state index < -0.39 is 37.3 Å². The number of anilines is 1. The Bertz CT molecular complexity index is 1530. The van der Waals surface area contributed by atoms with Crippen LogP contribution in [0.25, 0.3) is 12.2 Å². The Morgan fingerprint density at radius 1 is 0.822 bits per heavy atom. The number of hydrogen-bond acceptors (Lipinski definition) is 10. The van der Waals surface area contributed by atoms with Crippen LogP contribution in [0.1, 0.15) is 31.9 Å². The molecule has 12 nitrogen and oxygen atoms in total. The number of carbonyl (C=O) groups excluding carboxylic acids is 1. The molecule has 0 saturated carbocycles. The molecule has 13 heteroatoms. The van der Waals surface area contributed by atoms with Crippen LogP contribution in [0.15, 0.2) is 77.7 Å². The first-order valence-corrected chi connectivity index (χ1v) is 15.5. The van der Waals surface area contributed by atoms with Crippen LogP contribution in [-0.2, 0) is 28.5 Å². The summed E-state index contributed by atoms with van der Waals surface area (Å²) < 4.78 is 51.2. The predicted molar refractivity (Wildman–Crippen MR) is 170 cm³/mol. The average Bonchev–Trinajstić information content (AvgIpc) is 3.00. The van der Waals surface area contributed by atoms with Gasteiger partial charge in [-0.3, -0.25) is 19.2 Å². The Morgan fingerprint density at radius 3 is 1.93 bits per heavy atom. The number of carbonyl (C=O) groups is 1. The minimum absolute atomic E-state index is 0.0305. The Balaban J connectivity index is 1.29. The van der Waals surface area contributed by atoms with Gasteiger partial charge in [0.05, 0.1) is 38.0 Å². The van der Waals surface area contributed by atoms with Crippen LogP contribution in [0, 0.1) is 10.1 Å². The Morgan fingerprint density at radius 2 is 1.36 bits per heavy atom. The molecule has 242 valence electrons. The molecule has 0 bridgehead atoms. The zero-order chi connectivity index (χ0) is 32.9. The highest BCUT2D eigenvalue weighted by molar-refractivity contribution is 7.87. The molecule has 0 heterocycles. The van der Waals surface area contributed by atoms with Crippen LogP contribution in [-0.4, -0.2) is 71.7 Å². The summed E-state index contributed by atoms with van der Waals surface area (Å²) in [6.07, 6.45) is 3.54. The number of nitro groups is 1. The molecule has 0 fully saturated rings. The Hall–Kier alpha value is -4.30. The van der Waals surface area contributed by atoms with E-state index in [9.17, 15) is 23.3 Å². The van der Waals surface area contributed by atoms with Crippen LogP contribution in [0.5, 0.6) is 5.75 Å². The Kier molecular flexibility index (Phi) is 13.0. The molecule has 3 aromatic rings. The smallest absolute Gasteiger partial charge is 0.414 e. The van der Waals surface area contributed by atoms with E-state index in [1.807, 2.05) is 81.5 Å². The van der Waals surface area contributed by atoms with Crippen LogP contribution in [0.3, 0.4) is 0 Å². The van der Waals surface area contributed by atoms with Crippen molar-refractivity contribution < 1.29 is 41.3 Å². The number of para-hydroxylation sites is 1. The van der Waals surface area contributed by atoms with Crippen molar-refractivity contribution in [1.29, 1.82) is 0 Å². The second-order valence-electron chi connectivity index (χ2n) is 10.6. The lowest BCUT2D eigenvalue weighted by molar-refractivity contribution is -0.387. The van der Waals surface area contributed by atoms with Gasteiger partial charge in [0.25, 0.3) is 5.69 Å². The maximum absolute atomic E-state index is 12.3. The average molecular weight is 643 g/mol. The second-order valence-corrected chi connectivity index (χ2v) is 12.2. The van der Waals surface area contributed by atoms with E-state index in [0.717, 1.165) is 28.9 Å². The number of benzene rings is 3. The van der Waals surface area contributed by atoms with Crippen LogP contribution in [0.2, 0.25) is 0 Å². The number of amides is 1. The number of nitrogens with zero attached hydrogens (tertiary/aromatic N) is 2. The highest BCUT2D eigenvalue weighted by atomic mass is 32.2. The van der Waals surface area contributed by atoms with E-state index in [-0.39, 0.29) is 26.4 Å². The third-order valence-electron chi connectivity index (χ3n) is 5.96. The number of rotatable bonds is 16. The first kappa shape index (κ1) is 35.2. The van der Waals surface area contributed by atoms with Gasteiger partial charge in [0, 0.05) is 18.8 Å². The normalized spacial score (nSPS) is 11.8. The molecule has 0 atom stereocenters. The summed E-state index contributed by atoms with van der Waals surface area (Å²) in [7, 11) is -2.61. The highest BCUT2D eigenvalue weighted by Crippen LogP contribution is 2.24. The van der Waals surface area contributed by atoms with Gasteiger partial charge in [0.2, 0.25) is 0 Å². The lowest BCUT2D eigenvalue weighted by Gasteiger charge is -2.24. The molecule has 0 unspecified atom stereocenters. The van der Waals surface area contributed by atoms with Gasteiger partial charge in [-0.05, 0) is 62.2 Å². The van der Waals surface area contributed by atoms with Crippen molar-refractivity contribution in [1.82, 2.24) is 0 Å². The third-order valence-corrected chi connectivity index (χ3v) is 7.32. The summed E-state index contributed by atoms with van der Waals surface area (Å²) in [5.74, 6) is 0.693. The molecule has 0 N–H and O–H groups in total. The van der Waals surface area contributed by atoms with E-state index in [1.165, 1.54) is 17.0 Å². The quantitative estimate of drug-likeness (QED) is 0.0604. The highest BCUT2D eigenvalue weighted by Gasteiger charge is 2.26. The van der Waals surface area contributed by atoms with Gasteiger partial charge in [-0.2, -0.15) is 8.42 Å². The van der Waals surface area contributed by atoms with E-state index >= 15 is 0 Å². The molecule has 45 heavy (non-hydrogen) atoms. The molecule has 0 saturated heterocycles. The molecular weight excluding hydrogens is 604 g/mol. The van der Waals surface area contributed by atoms with E-state index in [4.69, 9.17) is 23.1 Å². The van der Waals surface area contributed by atoms with E-state index in [0.29, 0.717) is 19.0 Å². The van der Waals surface area contributed by atoms with Crippen molar-refractivity contribution in [3.63, 3.8) is 0 Å². The van der Waals surface area contributed by atoms with E-state index in [2.05, 4.69) is 0 Å². The fraction of sp³-hybridized carbons (Fsp3) is 0.344. The summed E-state index contributed by atoms with van der Waals surface area (Å²) in [6, 6.07) is 20.1. The standard InChI is InChI=1S/C32H38N2O10S/c1-32(2,3)44-31(35)33(4)27-15-11-25(12-16-27)9-10-26-13-17-28(18-14-26)42-23-21-40-19-20-41-22-24-43-45(38,39)30-8-6-5-7-29(30)34(36)37/h5-18H,19-24H2,1-4H3. The molecule has 3 aromatic carbocycles. The first-order chi connectivity index (χ1) is 21.4. The zero-order valence-electron chi connectivity index (χ0n) is 25.7. The molecule has 0 aliphatic carbocycles. The summed E-state index contributed by atoms with van der Waals surface area (Å²) in [5, 5.41) is 11.0. The van der Waals surface area contributed by atoms with Gasteiger partial charge < -0.3 is 18.9 Å². The molecule has 0 aromatic heterocycles. The summed E-state index contributed by atoms with van der Waals surface area (Å²) in [6.45, 7) is 6.30. The van der Waals surface area contributed by atoms with Gasteiger partial charge >= 0.3 is 16.2 Å². The Labute approximate surface area is 263 Å². The van der Waals surface area contributed by atoms with Gasteiger partial charge in [0.15, 0.2) is 4.90 Å². The molecule has 0 radical (unpaired) electrons. The lowest BCUT2D eigenvalue weighted by atomic mass is 10.1. The fourth-order valence-electron chi connectivity index (χ4n) is 3.74. The summed E-state index contributed by atoms with van der Waals surface area (Å²) in [5.41, 5.74) is 1.59. The molecule has 1 amide bonds. The summed E-state index contributed by atoms with van der Waals surface area (Å²) >= 11 is 0. The van der Waals surface area contributed by atoms with Gasteiger partial charge in [0.1, 0.15) is 18.0 Å². The SMILES string of the molecule is CN(C(=O)OC(C)(C)C)c1ccc(C=Cc2ccc(OCCOCCOCCOS(=O)(=O)c3ccccc3[N+](=O)[O-])cc2)cc1. The maximum atomic E-state index is 12.3. The van der Waals surface area contributed by atoms with Crippen molar-refractivity contribution >= 4 is 39.7 Å². The van der Waals surface area contributed by atoms with Crippen LogP contribution >= 0.6 is 0 Å². The molecular formula is C32H38N2O10S. The van der Waals surface area contributed by atoms with Crippen molar-refractivity contribution in [2.75, 3.05) is 51.6 Å². The minimum Gasteiger partial charge on any atom is -0.491 e. The summed E-state index contributed by atoms with van der Waals surface area (Å²) in [4.78, 5) is 23.5. The largest absolute Gasteiger partial charge is 0.491 e. The fourth-order valence-corrected chi connectivity index (χ4v) is 4.80. The maximum Gasteiger partial charge on any atom is 0.414 e. The van der Waals surface area contributed by atoms with Crippen molar-refractivity contribution in [2.45, 2.75) is 31.3 Å². The molecule has 0 aliphatic heterocycles. The monoisotopic (exact) mass is 642 g/mol. The second kappa shape index (κ2) is 16.7. The number of ether oxygens (including phenoxy) is 4. The van der Waals surface area contributed by atoms with Crippen molar-refractivity contribution in [2.24, 2.45) is 0 Å². The first-order valence-electron chi connectivity index (χ1n) is 14.1. The predicted octanol–water partition coefficient (Wildman–Crippen LogP) is 5.95. The van der Waals surface area contributed by atoms with Crippen LogP contribution in [0.4, 0.5) is 16.2 Å². The van der Waals surface area contributed by atoms with Gasteiger partial charge in [-0.25, -0.2) is 4.79 Å². The lowest BCUT2D eigenvalue weighted by Crippen LogP contribution is -2.34. The molecule has 0 aliphatic rings. The van der Waals surface area contributed by atoms with Crippen molar-refractivity contribution in [3.8, 4) is 5.75 Å². The third kappa shape index (κ3) is 12.0. The van der Waals surface area contributed by atoms with E-state index in [1.54, 1.807) is 7.05 Å². The van der Waals surface area contributed by atoms with Crippen molar-refractivity contribution in [3.05, 3.63) is 94.0 Å². The number of nitro benzene ring substituents is 1. The molecule has 3 rings (SSSR count). The van der Waals surface area contributed by atoms with Gasteiger partial charge in [-0.1, -0.05) is 48.6 Å². The molecule has 0 spiro atoms. The topological polar surface area (TPSA) is 144 Å². The minimum atomic E-state index is -4.28. The van der Waals surface area contributed by atoms with Crippen LogP contribution < -0.4 is 9.64 Å². The zero-order valence-corrected chi connectivity index (χ0v) is 26.5. The van der Waals surface area contributed by atoms with Gasteiger partial charge in [-0.15, -0.1) is 0 Å². The number of hydrogen-bond donors (Lipinski definition) is 0.